The highest BCUT2D eigenvalue weighted by molar-refractivity contribution is 5.88. The average Bonchev–Trinajstić information content (AvgIpc) is 2.54. The minimum absolute atomic E-state index is 0.202. The maximum absolute atomic E-state index is 11.9. The largest absolute Gasteiger partial charge is 0.480 e. The van der Waals surface area contributed by atoms with Crippen molar-refractivity contribution in [3.8, 4) is 0 Å². The third kappa shape index (κ3) is 6.16. The molecule has 2 atom stereocenters. The number of benzene rings is 1. The van der Waals surface area contributed by atoms with Crippen LogP contribution in [0.2, 0.25) is 0 Å². The molecule has 1 aromatic carbocycles. The molecule has 0 aliphatic rings. The van der Waals surface area contributed by atoms with Crippen molar-refractivity contribution < 1.29 is 29.0 Å². The SMILES string of the molecule is COC(=O)[C@H](Cc1ccccc1)NC(=O)C[C@H](NC=O)C(=O)O. The molecule has 124 valence electrons. The van der Waals surface area contributed by atoms with Crippen LogP contribution in [0, 0.1) is 0 Å². The summed E-state index contributed by atoms with van der Waals surface area (Å²) in [6.45, 7) is 0. The maximum Gasteiger partial charge on any atom is 0.328 e. The van der Waals surface area contributed by atoms with Gasteiger partial charge in [0.05, 0.1) is 13.5 Å². The number of carboxylic acids is 1. The van der Waals surface area contributed by atoms with Crippen molar-refractivity contribution >= 4 is 24.3 Å². The van der Waals surface area contributed by atoms with Crippen molar-refractivity contribution in [1.29, 1.82) is 0 Å². The molecule has 2 amide bonds. The first kappa shape index (κ1) is 18.1. The fraction of sp³-hybridized carbons (Fsp3) is 0.333. The molecule has 8 nitrogen and oxygen atoms in total. The number of ether oxygens (including phenoxy) is 1. The molecule has 0 saturated heterocycles. The van der Waals surface area contributed by atoms with E-state index in [2.05, 4.69) is 10.1 Å². The highest BCUT2D eigenvalue weighted by Crippen LogP contribution is 2.05. The second-order valence-corrected chi connectivity index (χ2v) is 4.71. The van der Waals surface area contributed by atoms with Gasteiger partial charge in [-0.15, -0.1) is 0 Å². The van der Waals surface area contributed by atoms with E-state index in [0.29, 0.717) is 0 Å². The highest BCUT2D eigenvalue weighted by atomic mass is 16.5. The number of aliphatic carboxylic acids is 1. The molecule has 1 rings (SSSR count). The van der Waals surface area contributed by atoms with Crippen LogP contribution in [0.25, 0.3) is 0 Å². The zero-order valence-electron chi connectivity index (χ0n) is 12.5. The Morgan fingerprint density at radius 3 is 2.39 bits per heavy atom. The smallest absolute Gasteiger partial charge is 0.328 e. The summed E-state index contributed by atoms with van der Waals surface area (Å²) in [5, 5.41) is 13.3. The summed E-state index contributed by atoms with van der Waals surface area (Å²) < 4.78 is 4.64. The normalized spacial score (nSPS) is 12.6. The summed E-state index contributed by atoms with van der Waals surface area (Å²) in [5.74, 6) is -2.67. The number of hydrogen-bond acceptors (Lipinski definition) is 5. The molecule has 23 heavy (non-hydrogen) atoms. The van der Waals surface area contributed by atoms with Crippen molar-refractivity contribution in [1.82, 2.24) is 10.6 Å². The van der Waals surface area contributed by atoms with Gasteiger partial charge in [-0.1, -0.05) is 30.3 Å². The van der Waals surface area contributed by atoms with E-state index in [0.717, 1.165) is 5.56 Å². The van der Waals surface area contributed by atoms with Crippen molar-refractivity contribution in [2.45, 2.75) is 24.9 Å². The maximum atomic E-state index is 11.9. The van der Waals surface area contributed by atoms with Gasteiger partial charge in [0.15, 0.2) is 0 Å². The predicted molar refractivity (Wildman–Crippen MR) is 79.3 cm³/mol. The van der Waals surface area contributed by atoms with Crippen LogP contribution in [0.4, 0.5) is 0 Å². The summed E-state index contributed by atoms with van der Waals surface area (Å²) in [6.07, 6.45) is -0.0811. The first-order valence-corrected chi connectivity index (χ1v) is 6.81. The molecule has 0 fully saturated rings. The van der Waals surface area contributed by atoms with Crippen LogP contribution in [-0.2, 0) is 30.3 Å². The summed E-state index contributed by atoms with van der Waals surface area (Å²) in [5.41, 5.74) is 0.809. The number of methoxy groups -OCH3 is 1. The Bertz CT molecular complexity index is 560. The highest BCUT2D eigenvalue weighted by Gasteiger charge is 2.25. The molecule has 0 heterocycles. The van der Waals surface area contributed by atoms with Crippen LogP contribution in [0.5, 0.6) is 0 Å². The molecule has 0 aromatic heterocycles. The monoisotopic (exact) mass is 322 g/mol. The number of hydrogen-bond donors (Lipinski definition) is 3. The van der Waals surface area contributed by atoms with Crippen molar-refractivity contribution in [3.05, 3.63) is 35.9 Å². The Balaban J connectivity index is 2.72. The Labute approximate surface area is 132 Å². The molecule has 1 aromatic rings. The third-order valence-corrected chi connectivity index (χ3v) is 3.06. The molecular formula is C15H18N2O6. The number of nitrogens with one attached hydrogen (secondary N) is 2. The van der Waals surface area contributed by atoms with Gasteiger partial charge in [0.2, 0.25) is 12.3 Å². The first-order valence-electron chi connectivity index (χ1n) is 6.81. The van der Waals surface area contributed by atoms with Gasteiger partial charge in [-0.3, -0.25) is 9.59 Å². The summed E-state index contributed by atoms with van der Waals surface area (Å²) >= 11 is 0. The van der Waals surface area contributed by atoms with Gasteiger partial charge in [-0.2, -0.15) is 0 Å². The van der Waals surface area contributed by atoms with Crippen molar-refractivity contribution in [3.63, 3.8) is 0 Å². The van der Waals surface area contributed by atoms with E-state index in [1.807, 2.05) is 11.4 Å². The molecular weight excluding hydrogens is 304 g/mol. The van der Waals surface area contributed by atoms with E-state index in [1.54, 1.807) is 24.3 Å². The average molecular weight is 322 g/mol. The number of carboxylic acid groups (broad SMARTS) is 1. The summed E-state index contributed by atoms with van der Waals surface area (Å²) in [6, 6.07) is 6.67. The summed E-state index contributed by atoms with van der Waals surface area (Å²) in [7, 11) is 1.19. The zero-order valence-corrected chi connectivity index (χ0v) is 12.5. The van der Waals surface area contributed by atoms with E-state index < -0.39 is 36.4 Å². The number of amides is 2. The molecule has 0 bridgehead atoms. The zero-order chi connectivity index (χ0) is 17.2. The lowest BCUT2D eigenvalue weighted by atomic mass is 10.1. The lowest BCUT2D eigenvalue weighted by molar-refractivity contribution is -0.145. The quantitative estimate of drug-likeness (QED) is 0.415. The molecule has 0 aliphatic heterocycles. The molecule has 0 spiro atoms. The first-order chi connectivity index (χ1) is 11.0. The van der Waals surface area contributed by atoms with Gasteiger partial charge < -0.3 is 20.5 Å². The Hall–Kier alpha value is -2.90. The van der Waals surface area contributed by atoms with Gasteiger partial charge in [0.1, 0.15) is 12.1 Å². The second-order valence-electron chi connectivity index (χ2n) is 4.71. The van der Waals surface area contributed by atoms with E-state index in [4.69, 9.17) is 5.11 Å². The number of esters is 1. The van der Waals surface area contributed by atoms with Crippen LogP contribution in [0.15, 0.2) is 30.3 Å². The Kier molecular flexibility index (Phi) is 7.25. The van der Waals surface area contributed by atoms with Crippen LogP contribution in [-0.4, -0.2) is 48.6 Å². The topological polar surface area (TPSA) is 122 Å². The number of carbonyl (C=O) groups excluding carboxylic acids is 3. The molecule has 0 saturated carbocycles. The van der Waals surface area contributed by atoms with E-state index in [1.165, 1.54) is 7.11 Å². The van der Waals surface area contributed by atoms with Crippen LogP contribution < -0.4 is 10.6 Å². The van der Waals surface area contributed by atoms with E-state index in [9.17, 15) is 19.2 Å². The molecule has 8 heteroatoms. The molecule has 3 N–H and O–H groups in total. The predicted octanol–water partition coefficient (Wildman–Crippen LogP) is -0.524. The van der Waals surface area contributed by atoms with Gasteiger partial charge in [-0.25, -0.2) is 9.59 Å². The minimum atomic E-state index is -1.36. The van der Waals surface area contributed by atoms with E-state index in [-0.39, 0.29) is 12.8 Å². The fourth-order valence-corrected chi connectivity index (χ4v) is 1.92. The minimum Gasteiger partial charge on any atom is -0.480 e. The van der Waals surface area contributed by atoms with Crippen LogP contribution in [0.3, 0.4) is 0 Å². The van der Waals surface area contributed by atoms with Gasteiger partial charge in [0.25, 0.3) is 0 Å². The second kappa shape index (κ2) is 9.19. The Morgan fingerprint density at radius 1 is 1.22 bits per heavy atom. The molecule has 0 radical (unpaired) electrons. The standard InChI is InChI=1S/C15H18N2O6/c1-23-15(22)12(7-10-5-3-2-4-6-10)17-13(19)8-11(14(20)21)16-9-18/h2-6,9,11-12H,7-8H2,1H3,(H,16,18)(H,17,19)(H,20,21)/t11-,12-/m0/s1. The van der Waals surface area contributed by atoms with E-state index >= 15 is 0 Å². The lowest BCUT2D eigenvalue weighted by Gasteiger charge is -2.18. The fourth-order valence-electron chi connectivity index (χ4n) is 1.92. The Morgan fingerprint density at radius 2 is 1.87 bits per heavy atom. The third-order valence-electron chi connectivity index (χ3n) is 3.06. The summed E-state index contributed by atoms with van der Waals surface area (Å²) in [4.78, 5) is 44.9. The van der Waals surface area contributed by atoms with Crippen molar-refractivity contribution in [2.24, 2.45) is 0 Å². The van der Waals surface area contributed by atoms with Gasteiger partial charge in [-0.05, 0) is 5.56 Å². The van der Waals surface area contributed by atoms with Crippen LogP contribution >= 0.6 is 0 Å². The lowest BCUT2D eigenvalue weighted by Crippen LogP contribution is -2.46. The van der Waals surface area contributed by atoms with Gasteiger partial charge in [0, 0.05) is 6.42 Å². The van der Waals surface area contributed by atoms with Gasteiger partial charge >= 0.3 is 11.9 Å². The number of carbonyl (C=O) groups is 4. The van der Waals surface area contributed by atoms with Crippen molar-refractivity contribution in [2.75, 3.05) is 7.11 Å². The molecule has 0 unspecified atom stereocenters. The number of rotatable bonds is 9. The molecule has 0 aliphatic carbocycles. The van der Waals surface area contributed by atoms with Crippen LogP contribution in [0.1, 0.15) is 12.0 Å².